The van der Waals surface area contributed by atoms with Crippen molar-refractivity contribution in [1.82, 2.24) is 4.90 Å². The molecule has 0 saturated carbocycles. The summed E-state index contributed by atoms with van der Waals surface area (Å²) in [4.78, 5) is 14.1. The second-order valence-corrected chi connectivity index (χ2v) is 4.96. The van der Waals surface area contributed by atoms with Gasteiger partial charge in [-0.1, -0.05) is 31.5 Å². The topological polar surface area (TPSA) is 58.4 Å². The molecule has 1 aromatic carbocycles. The van der Waals surface area contributed by atoms with Gasteiger partial charge in [-0.25, -0.2) is 0 Å². The van der Waals surface area contributed by atoms with Crippen LogP contribution in [-0.4, -0.2) is 30.4 Å². The lowest BCUT2D eigenvalue weighted by atomic mass is 10.1. The van der Waals surface area contributed by atoms with Gasteiger partial charge >= 0.3 is 0 Å². The molecule has 0 aliphatic heterocycles. The summed E-state index contributed by atoms with van der Waals surface area (Å²) in [5, 5.41) is 2.93. The van der Waals surface area contributed by atoms with Gasteiger partial charge in [0, 0.05) is 18.3 Å². The Morgan fingerprint density at radius 3 is 2.74 bits per heavy atom. The molecule has 0 saturated heterocycles. The molecule has 1 atom stereocenters. The van der Waals surface area contributed by atoms with E-state index in [9.17, 15) is 4.79 Å². The van der Waals surface area contributed by atoms with Crippen molar-refractivity contribution >= 4 is 11.6 Å². The Hall–Kier alpha value is -1.39. The zero-order valence-electron chi connectivity index (χ0n) is 12.1. The summed E-state index contributed by atoms with van der Waals surface area (Å²) < 4.78 is 0. The number of para-hydroxylation sites is 1. The SMILES string of the molecule is CCCC(C)N(C)CC(=O)Nc1ccccc1CN. The second kappa shape index (κ2) is 7.92. The molecule has 1 aromatic rings. The molecule has 3 N–H and O–H groups in total. The van der Waals surface area contributed by atoms with E-state index in [1.165, 1.54) is 0 Å². The molecular weight excluding hydrogens is 238 g/mol. The number of benzene rings is 1. The minimum absolute atomic E-state index is 0.00588. The molecule has 0 spiro atoms. The Balaban J connectivity index is 2.55. The highest BCUT2D eigenvalue weighted by Crippen LogP contribution is 2.14. The van der Waals surface area contributed by atoms with E-state index in [1.807, 2.05) is 31.3 Å². The third kappa shape index (κ3) is 5.01. The Kier molecular flexibility index (Phi) is 6.53. The number of hydrogen-bond acceptors (Lipinski definition) is 3. The molecule has 1 rings (SSSR count). The van der Waals surface area contributed by atoms with Gasteiger partial charge in [0.1, 0.15) is 0 Å². The van der Waals surface area contributed by atoms with Crippen LogP contribution in [0, 0.1) is 0 Å². The van der Waals surface area contributed by atoms with E-state index in [1.54, 1.807) is 0 Å². The summed E-state index contributed by atoms with van der Waals surface area (Å²) in [6.45, 7) is 5.13. The van der Waals surface area contributed by atoms with E-state index in [2.05, 4.69) is 24.1 Å². The lowest BCUT2D eigenvalue weighted by Gasteiger charge is -2.23. The van der Waals surface area contributed by atoms with Crippen LogP contribution in [-0.2, 0) is 11.3 Å². The van der Waals surface area contributed by atoms with Crippen molar-refractivity contribution in [3.8, 4) is 0 Å². The van der Waals surface area contributed by atoms with Crippen LogP contribution < -0.4 is 11.1 Å². The fourth-order valence-corrected chi connectivity index (χ4v) is 2.03. The molecule has 0 aliphatic rings. The van der Waals surface area contributed by atoms with E-state index in [0.717, 1.165) is 24.1 Å². The number of rotatable bonds is 7. The smallest absolute Gasteiger partial charge is 0.238 e. The predicted molar refractivity (Wildman–Crippen MR) is 80.0 cm³/mol. The molecule has 0 aliphatic carbocycles. The fourth-order valence-electron chi connectivity index (χ4n) is 2.03. The molecule has 0 aromatic heterocycles. The standard InChI is InChI=1S/C15H25N3O/c1-4-7-12(2)18(3)11-15(19)17-14-9-6-5-8-13(14)10-16/h5-6,8-9,12H,4,7,10-11,16H2,1-3H3,(H,17,19). The Bertz CT molecular complexity index is 406. The van der Waals surface area contributed by atoms with Gasteiger partial charge in [-0.15, -0.1) is 0 Å². The maximum absolute atomic E-state index is 12.0. The first kappa shape index (κ1) is 15.7. The predicted octanol–water partition coefficient (Wildman–Crippen LogP) is 2.20. The number of amides is 1. The number of carbonyl (C=O) groups is 1. The molecule has 0 radical (unpaired) electrons. The van der Waals surface area contributed by atoms with E-state index in [4.69, 9.17) is 5.73 Å². The number of nitrogens with two attached hydrogens (primary N) is 1. The molecule has 0 bridgehead atoms. The number of anilines is 1. The highest BCUT2D eigenvalue weighted by atomic mass is 16.2. The molecule has 4 heteroatoms. The van der Waals surface area contributed by atoms with Gasteiger partial charge in [0.2, 0.25) is 5.91 Å². The quantitative estimate of drug-likeness (QED) is 0.793. The van der Waals surface area contributed by atoms with Gasteiger partial charge < -0.3 is 11.1 Å². The molecule has 106 valence electrons. The summed E-state index contributed by atoms with van der Waals surface area (Å²) in [6.07, 6.45) is 2.23. The zero-order valence-corrected chi connectivity index (χ0v) is 12.1. The average molecular weight is 263 g/mol. The Labute approximate surface area is 116 Å². The Morgan fingerprint density at radius 1 is 1.42 bits per heavy atom. The summed E-state index contributed by atoms with van der Waals surface area (Å²) in [7, 11) is 1.98. The van der Waals surface area contributed by atoms with E-state index < -0.39 is 0 Å². The molecular formula is C15H25N3O. The van der Waals surface area contributed by atoms with Crippen molar-refractivity contribution in [3.63, 3.8) is 0 Å². The van der Waals surface area contributed by atoms with Crippen LogP contribution in [0.5, 0.6) is 0 Å². The van der Waals surface area contributed by atoms with Crippen molar-refractivity contribution in [3.05, 3.63) is 29.8 Å². The first-order valence-corrected chi connectivity index (χ1v) is 6.86. The summed E-state index contributed by atoms with van der Waals surface area (Å²) in [5.41, 5.74) is 7.42. The maximum Gasteiger partial charge on any atom is 0.238 e. The lowest BCUT2D eigenvalue weighted by molar-refractivity contribution is -0.117. The molecule has 1 unspecified atom stereocenters. The third-order valence-electron chi connectivity index (χ3n) is 3.36. The van der Waals surface area contributed by atoms with Crippen LogP contribution >= 0.6 is 0 Å². The van der Waals surface area contributed by atoms with Gasteiger partial charge in [0.15, 0.2) is 0 Å². The number of nitrogens with one attached hydrogen (secondary N) is 1. The summed E-state index contributed by atoms with van der Waals surface area (Å²) in [6, 6.07) is 8.06. The van der Waals surface area contributed by atoms with Crippen molar-refractivity contribution in [1.29, 1.82) is 0 Å². The van der Waals surface area contributed by atoms with Gasteiger partial charge in [-0.3, -0.25) is 9.69 Å². The summed E-state index contributed by atoms with van der Waals surface area (Å²) in [5.74, 6) is 0.00588. The van der Waals surface area contributed by atoms with Gasteiger partial charge in [0.05, 0.1) is 6.54 Å². The highest BCUT2D eigenvalue weighted by molar-refractivity contribution is 5.92. The lowest BCUT2D eigenvalue weighted by Crippen LogP contribution is -2.36. The van der Waals surface area contributed by atoms with E-state index in [-0.39, 0.29) is 5.91 Å². The van der Waals surface area contributed by atoms with Crippen LogP contribution in [0.3, 0.4) is 0 Å². The average Bonchev–Trinajstić information content (AvgIpc) is 2.39. The minimum Gasteiger partial charge on any atom is -0.326 e. The molecule has 0 fully saturated rings. The van der Waals surface area contributed by atoms with Crippen molar-refractivity contribution in [2.75, 3.05) is 18.9 Å². The van der Waals surface area contributed by atoms with Gasteiger partial charge in [-0.05, 0) is 32.0 Å². The normalized spacial score (nSPS) is 12.5. The third-order valence-corrected chi connectivity index (χ3v) is 3.36. The number of likely N-dealkylation sites (N-methyl/N-ethyl adjacent to an activating group) is 1. The van der Waals surface area contributed by atoms with Crippen molar-refractivity contribution in [2.24, 2.45) is 5.73 Å². The molecule has 4 nitrogen and oxygen atoms in total. The monoisotopic (exact) mass is 263 g/mol. The van der Waals surface area contributed by atoms with Crippen molar-refractivity contribution < 1.29 is 4.79 Å². The first-order valence-electron chi connectivity index (χ1n) is 6.86. The van der Waals surface area contributed by atoms with Gasteiger partial charge in [0.25, 0.3) is 0 Å². The van der Waals surface area contributed by atoms with Gasteiger partial charge in [-0.2, -0.15) is 0 Å². The maximum atomic E-state index is 12.0. The first-order chi connectivity index (χ1) is 9.08. The molecule has 19 heavy (non-hydrogen) atoms. The second-order valence-electron chi connectivity index (χ2n) is 4.96. The van der Waals surface area contributed by atoms with Crippen LogP contribution in [0.25, 0.3) is 0 Å². The fraction of sp³-hybridized carbons (Fsp3) is 0.533. The minimum atomic E-state index is 0.00588. The van der Waals surface area contributed by atoms with Crippen LogP contribution in [0.15, 0.2) is 24.3 Å². The van der Waals surface area contributed by atoms with E-state index in [0.29, 0.717) is 19.1 Å². The molecule has 1 amide bonds. The number of carbonyl (C=O) groups excluding carboxylic acids is 1. The molecule has 0 heterocycles. The van der Waals surface area contributed by atoms with Crippen LogP contribution in [0.4, 0.5) is 5.69 Å². The highest BCUT2D eigenvalue weighted by Gasteiger charge is 2.13. The number of nitrogens with zero attached hydrogens (tertiary/aromatic N) is 1. The van der Waals surface area contributed by atoms with Crippen LogP contribution in [0.2, 0.25) is 0 Å². The zero-order chi connectivity index (χ0) is 14.3. The van der Waals surface area contributed by atoms with Crippen LogP contribution in [0.1, 0.15) is 32.3 Å². The van der Waals surface area contributed by atoms with Crippen molar-refractivity contribution in [2.45, 2.75) is 39.3 Å². The van der Waals surface area contributed by atoms with E-state index >= 15 is 0 Å². The summed E-state index contributed by atoms with van der Waals surface area (Å²) >= 11 is 0. The number of hydrogen-bond donors (Lipinski definition) is 2. The Morgan fingerprint density at radius 2 is 2.11 bits per heavy atom. The largest absolute Gasteiger partial charge is 0.326 e.